The molecule has 6 heteroatoms. The minimum Gasteiger partial charge on any atom is -0.356 e. The molecule has 1 saturated heterocycles. The lowest BCUT2D eigenvalue weighted by Crippen LogP contribution is -2.43. The number of piperidine rings is 1. The average molecular weight is 341 g/mol. The molecule has 1 aliphatic rings. The SMILES string of the molecule is CCCNC(=O)C1CCN(C(=O)c2cc(-c3ccccc3)on2)CC1. The molecule has 0 radical (unpaired) electrons. The molecule has 1 aromatic carbocycles. The van der Waals surface area contributed by atoms with E-state index in [9.17, 15) is 9.59 Å². The molecule has 2 heterocycles. The van der Waals surface area contributed by atoms with Crippen molar-refractivity contribution in [2.75, 3.05) is 19.6 Å². The zero-order valence-corrected chi connectivity index (χ0v) is 14.4. The molecule has 2 aromatic rings. The third-order valence-electron chi connectivity index (χ3n) is 4.49. The fourth-order valence-electron chi connectivity index (χ4n) is 3.01. The Bertz CT molecular complexity index is 719. The first kappa shape index (κ1) is 17.2. The van der Waals surface area contributed by atoms with Crippen LogP contribution in [0.15, 0.2) is 40.9 Å². The number of nitrogens with zero attached hydrogens (tertiary/aromatic N) is 2. The van der Waals surface area contributed by atoms with Gasteiger partial charge in [-0.1, -0.05) is 42.4 Å². The second-order valence-electron chi connectivity index (χ2n) is 6.30. The van der Waals surface area contributed by atoms with Crippen molar-refractivity contribution in [3.63, 3.8) is 0 Å². The topological polar surface area (TPSA) is 75.4 Å². The lowest BCUT2D eigenvalue weighted by Gasteiger charge is -2.30. The number of carbonyl (C=O) groups excluding carboxylic acids is 2. The van der Waals surface area contributed by atoms with Crippen LogP contribution in [-0.2, 0) is 4.79 Å². The van der Waals surface area contributed by atoms with Gasteiger partial charge in [0.1, 0.15) is 0 Å². The van der Waals surface area contributed by atoms with Crippen LogP contribution in [0, 0.1) is 5.92 Å². The second kappa shape index (κ2) is 7.96. The van der Waals surface area contributed by atoms with E-state index in [1.54, 1.807) is 11.0 Å². The Kier molecular flexibility index (Phi) is 5.48. The highest BCUT2D eigenvalue weighted by molar-refractivity contribution is 5.93. The normalized spacial score (nSPS) is 15.2. The number of hydrogen-bond donors (Lipinski definition) is 1. The number of nitrogens with one attached hydrogen (secondary N) is 1. The molecule has 3 rings (SSSR count). The van der Waals surface area contributed by atoms with Crippen LogP contribution in [0.4, 0.5) is 0 Å². The van der Waals surface area contributed by atoms with Gasteiger partial charge < -0.3 is 14.7 Å². The van der Waals surface area contributed by atoms with Crippen LogP contribution in [0.2, 0.25) is 0 Å². The third-order valence-corrected chi connectivity index (χ3v) is 4.49. The summed E-state index contributed by atoms with van der Waals surface area (Å²) in [5.41, 5.74) is 1.20. The summed E-state index contributed by atoms with van der Waals surface area (Å²) >= 11 is 0. The molecule has 2 amide bonds. The fourth-order valence-corrected chi connectivity index (χ4v) is 3.01. The molecule has 1 aliphatic heterocycles. The van der Waals surface area contributed by atoms with Crippen molar-refractivity contribution in [2.45, 2.75) is 26.2 Å². The van der Waals surface area contributed by atoms with Gasteiger partial charge in [0.2, 0.25) is 5.91 Å². The van der Waals surface area contributed by atoms with Gasteiger partial charge in [-0.15, -0.1) is 0 Å². The van der Waals surface area contributed by atoms with Gasteiger partial charge >= 0.3 is 0 Å². The summed E-state index contributed by atoms with van der Waals surface area (Å²) in [7, 11) is 0. The molecule has 6 nitrogen and oxygen atoms in total. The summed E-state index contributed by atoms with van der Waals surface area (Å²) < 4.78 is 5.30. The predicted molar refractivity (Wildman–Crippen MR) is 93.9 cm³/mol. The van der Waals surface area contributed by atoms with E-state index in [0.717, 1.165) is 12.0 Å². The smallest absolute Gasteiger partial charge is 0.276 e. The summed E-state index contributed by atoms with van der Waals surface area (Å²) in [6, 6.07) is 11.2. The highest BCUT2D eigenvalue weighted by atomic mass is 16.5. The van der Waals surface area contributed by atoms with Crippen LogP contribution in [0.25, 0.3) is 11.3 Å². The van der Waals surface area contributed by atoms with Crippen LogP contribution >= 0.6 is 0 Å². The van der Waals surface area contributed by atoms with Crippen LogP contribution < -0.4 is 5.32 Å². The molecule has 1 fully saturated rings. The van der Waals surface area contributed by atoms with E-state index in [1.807, 2.05) is 37.3 Å². The second-order valence-corrected chi connectivity index (χ2v) is 6.30. The molecule has 132 valence electrons. The number of carbonyl (C=O) groups is 2. The Morgan fingerprint density at radius 2 is 1.96 bits per heavy atom. The van der Waals surface area contributed by atoms with Crippen molar-refractivity contribution < 1.29 is 14.1 Å². The van der Waals surface area contributed by atoms with Gasteiger partial charge in [-0.25, -0.2) is 0 Å². The van der Waals surface area contributed by atoms with E-state index in [2.05, 4.69) is 10.5 Å². The highest BCUT2D eigenvalue weighted by Crippen LogP contribution is 2.23. The quantitative estimate of drug-likeness (QED) is 0.907. The third kappa shape index (κ3) is 4.07. The van der Waals surface area contributed by atoms with Gasteiger partial charge in [-0.05, 0) is 19.3 Å². The van der Waals surface area contributed by atoms with Crippen molar-refractivity contribution >= 4 is 11.8 Å². The average Bonchev–Trinajstić information content (AvgIpc) is 3.16. The van der Waals surface area contributed by atoms with E-state index >= 15 is 0 Å². The van der Waals surface area contributed by atoms with Crippen LogP contribution in [0.3, 0.4) is 0 Å². The molecule has 0 aliphatic carbocycles. The van der Waals surface area contributed by atoms with Crippen LogP contribution in [0.5, 0.6) is 0 Å². The molecule has 0 spiro atoms. The monoisotopic (exact) mass is 341 g/mol. The molecule has 0 unspecified atom stereocenters. The molecule has 0 saturated carbocycles. The Morgan fingerprint density at radius 1 is 1.24 bits per heavy atom. The van der Waals surface area contributed by atoms with E-state index in [0.29, 0.717) is 43.9 Å². The van der Waals surface area contributed by atoms with Gasteiger partial charge in [-0.2, -0.15) is 0 Å². The number of likely N-dealkylation sites (tertiary alicyclic amines) is 1. The Balaban J connectivity index is 1.58. The first-order valence-electron chi connectivity index (χ1n) is 8.78. The molecular formula is C19H23N3O3. The molecule has 25 heavy (non-hydrogen) atoms. The zero-order valence-electron chi connectivity index (χ0n) is 14.4. The Hall–Kier alpha value is -2.63. The number of amides is 2. The van der Waals surface area contributed by atoms with Gasteiger partial charge in [0.25, 0.3) is 5.91 Å². The van der Waals surface area contributed by atoms with Crippen LogP contribution in [0.1, 0.15) is 36.7 Å². The lowest BCUT2D eigenvalue weighted by molar-refractivity contribution is -0.126. The fraction of sp³-hybridized carbons (Fsp3) is 0.421. The van der Waals surface area contributed by atoms with Crippen molar-refractivity contribution in [1.29, 1.82) is 0 Å². The molecule has 1 N–H and O–H groups in total. The van der Waals surface area contributed by atoms with Crippen molar-refractivity contribution in [2.24, 2.45) is 5.92 Å². The number of aromatic nitrogens is 1. The van der Waals surface area contributed by atoms with E-state index in [-0.39, 0.29) is 17.7 Å². The largest absolute Gasteiger partial charge is 0.356 e. The maximum absolute atomic E-state index is 12.6. The molecule has 0 bridgehead atoms. The van der Waals surface area contributed by atoms with Gasteiger partial charge in [0.15, 0.2) is 11.5 Å². The van der Waals surface area contributed by atoms with E-state index < -0.39 is 0 Å². The van der Waals surface area contributed by atoms with Gasteiger partial charge in [-0.3, -0.25) is 9.59 Å². The minimum absolute atomic E-state index is 0.00668. The Labute approximate surface area is 147 Å². The summed E-state index contributed by atoms with van der Waals surface area (Å²) in [5, 5.41) is 6.85. The number of benzene rings is 1. The van der Waals surface area contributed by atoms with Crippen LogP contribution in [-0.4, -0.2) is 41.5 Å². The van der Waals surface area contributed by atoms with Gasteiger partial charge in [0, 0.05) is 37.2 Å². The zero-order chi connectivity index (χ0) is 17.6. The standard InChI is InChI=1S/C19H23N3O3/c1-2-10-20-18(23)15-8-11-22(12-9-15)19(24)16-13-17(25-21-16)14-6-4-3-5-7-14/h3-7,13,15H,2,8-12H2,1H3,(H,20,23). The van der Waals surface area contributed by atoms with Gasteiger partial charge in [0.05, 0.1) is 0 Å². The predicted octanol–water partition coefficient (Wildman–Crippen LogP) is 2.72. The molecule has 1 aromatic heterocycles. The first-order chi connectivity index (χ1) is 12.2. The van der Waals surface area contributed by atoms with Crippen molar-refractivity contribution in [1.82, 2.24) is 15.4 Å². The van der Waals surface area contributed by atoms with Crippen molar-refractivity contribution in [3.8, 4) is 11.3 Å². The summed E-state index contributed by atoms with van der Waals surface area (Å²) in [6.45, 7) is 3.87. The van der Waals surface area contributed by atoms with E-state index in [4.69, 9.17) is 4.52 Å². The summed E-state index contributed by atoms with van der Waals surface area (Å²) in [6.07, 6.45) is 2.30. The molecular weight excluding hydrogens is 318 g/mol. The minimum atomic E-state index is -0.140. The summed E-state index contributed by atoms with van der Waals surface area (Å²) in [5.74, 6) is 0.533. The number of rotatable bonds is 5. The number of hydrogen-bond acceptors (Lipinski definition) is 4. The Morgan fingerprint density at radius 3 is 2.64 bits per heavy atom. The maximum atomic E-state index is 12.6. The maximum Gasteiger partial charge on any atom is 0.276 e. The van der Waals surface area contributed by atoms with Crippen molar-refractivity contribution in [3.05, 3.63) is 42.1 Å². The van der Waals surface area contributed by atoms with E-state index in [1.165, 1.54) is 0 Å². The molecule has 0 atom stereocenters. The summed E-state index contributed by atoms with van der Waals surface area (Å²) in [4.78, 5) is 26.4. The lowest BCUT2D eigenvalue weighted by atomic mass is 9.95. The first-order valence-corrected chi connectivity index (χ1v) is 8.78. The highest BCUT2D eigenvalue weighted by Gasteiger charge is 2.29.